The summed E-state index contributed by atoms with van der Waals surface area (Å²) >= 11 is 0. The molecule has 1 aliphatic heterocycles. The molecule has 0 unspecified atom stereocenters. The highest BCUT2D eigenvalue weighted by Crippen LogP contribution is 2.28. The standard InChI is InChI=1S/C21H22FN3O3/c1-13(2)23-21(28)15-7-3-5-9-17(15)24-20(27)14-11-19(26)25(12-14)18-10-6-4-8-16(18)22/h3-10,13-14H,11-12H2,1-2H3,(H,23,28)(H,24,27)/t14-/m1/s1. The van der Waals surface area contributed by atoms with Crippen LogP contribution in [0.25, 0.3) is 0 Å². The largest absolute Gasteiger partial charge is 0.350 e. The topological polar surface area (TPSA) is 78.5 Å². The number of benzene rings is 2. The minimum absolute atomic E-state index is 0.0134. The van der Waals surface area contributed by atoms with Crippen molar-refractivity contribution >= 4 is 29.1 Å². The van der Waals surface area contributed by atoms with E-state index >= 15 is 0 Å². The molecule has 2 N–H and O–H groups in total. The average Bonchev–Trinajstić information content (AvgIpc) is 3.03. The maximum absolute atomic E-state index is 14.0. The van der Waals surface area contributed by atoms with Crippen LogP contribution < -0.4 is 15.5 Å². The van der Waals surface area contributed by atoms with E-state index in [0.717, 1.165) is 0 Å². The fraction of sp³-hybridized carbons (Fsp3) is 0.286. The number of hydrogen-bond acceptors (Lipinski definition) is 3. The Morgan fingerprint density at radius 2 is 1.79 bits per heavy atom. The molecule has 0 spiro atoms. The molecule has 1 saturated heterocycles. The van der Waals surface area contributed by atoms with Gasteiger partial charge in [0.2, 0.25) is 11.8 Å². The van der Waals surface area contributed by atoms with Crippen molar-refractivity contribution in [1.29, 1.82) is 0 Å². The molecule has 0 saturated carbocycles. The lowest BCUT2D eigenvalue weighted by Crippen LogP contribution is -2.32. The van der Waals surface area contributed by atoms with Crippen LogP contribution in [0.3, 0.4) is 0 Å². The van der Waals surface area contributed by atoms with Gasteiger partial charge in [0, 0.05) is 19.0 Å². The van der Waals surface area contributed by atoms with Crippen LogP contribution in [0.1, 0.15) is 30.6 Å². The number of para-hydroxylation sites is 2. The van der Waals surface area contributed by atoms with Gasteiger partial charge in [0.15, 0.2) is 0 Å². The van der Waals surface area contributed by atoms with Crippen molar-refractivity contribution in [3.8, 4) is 0 Å². The van der Waals surface area contributed by atoms with E-state index in [4.69, 9.17) is 0 Å². The summed E-state index contributed by atoms with van der Waals surface area (Å²) < 4.78 is 14.0. The number of hydrogen-bond donors (Lipinski definition) is 2. The molecular formula is C21H22FN3O3. The van der Waals surface area contributed by atoms with E-state index in [9.17, 15) is 18.8 Å². The van der Waals surface area contributed by atoms with Crippen molar-refractivity contribution in [3.05, 3.63) is 59.9 Å². The second-order valence-electron chi connectivity index (χ2n) is 7.02. The summed E-state index contributed by atoms with van der Waals surface area (Å²) in [6.45, 7) is 3.78. The second-order valence-corrected chi connectivity index (χ2v) is 7.02. The lowest BCUT2D eigenvalue weighted by atomic mass is 10.1. The van der Waals surface area contributed by atoms with E-state index in [-0.39, 0.29) is 42.4 Å². The fourth-order valence-corrected chi connectivity index (χ4v) is 3.15. The zero-order valence-electron chi connectivity index (χ0n) is 15.7. The van der Waals surface area contributed by atoms with Gasteiger partial charge >= 0.3 is 0 Å². The molecule has 0 aliphatic carbocycles. The Balaban J connectivity index is 1.74. The molecule has 3 rings (SSSR count). The smallest absolute Gasteiger partial charge is 0.253 e. The Bertz CT molecular complexity index is 913. The predicted octanol–water partition coefficient (Wildman–Crippen LogP) is 2.96. The minimum atomic E-state index is -0.631. The van der Waals surface area contributed by atoms with E-state index in [1.165, 1.54) is 17.0 Å². The molecule has 2 aromatic rings. The SMILES string of the molecule is CC(C)NC(=O)c1ccccc1NC(=O)[C@@H]1CC(=O)N(c2ccccc2F)C1. The number of carbonyl (C=O) groups excluding carboxylic acids is 3. The summed E-state index contributed by atoms with van der Waals surface area (Å²) in [5, 5.41) is 5.53. The number of nitrogens with one attached hydrogen (secondary N) is 2. The van der Waals surface area contributed by atoms with Crippen LogP contribution in [-0.2, 0) is 9.59 Å². The monoisotopic (exact) mass is 383 g/mol. The Labute approximate surface area is 162 Å². The first-order chi connectivity index (χ1) is 13.4. The van der Waals surface area contributed by atoms with Crippen LogP contribution in [0.4, 0.5) is 15.8 Å². The zero-order chi connectivity index (χ0) is 20.3. The van der Waals surface area contributed by atoms with E-state index in [2.05, 4.69) is 10.6 Å². The normalized spacial score (nSPS) is 16.4. The summed E-state index contributed by atoms with van der Waals surface area (Å²) in [5.41, 5.74) is 0.891. The number of rotatable bonds is 5. The predicted molar refractivity (Wildman–Crippen MR) is 105 cm³/mol. The van der Waals surface area contributed by atoms with Gasteiger partial charge in [-0.3, -0.25) is 14.4 Å². The van der Waals surface area contributed by atoms with Crippen molar-refractivity contribution in [2.45, 2.75) is 26.3 Å². The maximum Gasteiger partial charge on any atom is 0.253 e. The molecule has 1 atom stereocenters. The molecule has 7 heteroatoms. The molecule has 0 bridgehead atoms. The highest BCUT2D eigenvalue weighted by molar-refractivity contribution is 6.07. The van der Waals surface area contributed by atoms with Crippen molar-refractivity contribution in [1.82, 2.24) is 5.32 Å². The van der Waals surface area contributed by atoms with Gasteiger partial charge in [-0.15, -0.1) is 0 Å². The van der Waals surface area contributed by atoms with Gasteiger partial charge in [-0.25, -0.2) is 4.39 Å². The van der Waals surface area contributed by atoms with Crippen LogP contribution in [-0.4, -0.2) is 30.3 Å². The number of anilines is 2. The first kappa shape index (κ1) is 19.5. The Kier molecular flexibility index (Phi) is 5.73. The quantitative estimate of drug-likeness (QED) is 0.833. The molecule has 1 fully saturated rings. The summed E-state index contributed by atoms with van der Waals surface area (Å²) in [7, 11) is 0. The highest BCUT2D eigenvalue weighted by Gasteiger charge is 2.36. The molecule has 6 nitrogen and oxygen atoms in total. The van der Waals surface area contributed by atoms with Gasteiger partial charge in [-0.2, -0.15) is 0 Å². The lowest BCUT2D eigenvalue weighted by molar-refractivity contribution is -0.122. The van der Waals surface area contributed by atoms with Gasteiger partial charge in [0.05, 0.1) is 22.9 Å². The molecule has 1 aliphatic rings. The third-order valence-electron chi connectivity index (χ3n) is 4.49. The number of halogens is 1. The highest BCUT2D eigenvalue weighted by atomic mass is 19.1. The van der Waals surface area contributed by atoms with Gasteiger partial charge in [-0.1, -0.05) is 24.3 Å². The molecular weight excluding hydrogens is 361 g/mol. The molecule has 3 amide bonds. The van der Waals surface area contributed by atoms with Crippen molar-refractivity contribution in [3.63, 3.8) is 0 Å². The summed E-state index contributed by atoms with van der Waals surface area (Å²) in [6.07, 6.45) is -0.0134. The van der Waals surface area contributed by atoms with Crippen LogP contribution in [0.15, 0.2) is 48.5 Å². The second kappa shape index (κ2) is 8.21. The van der Waals surface area contributed by atoms with Crippen LogP contribution in [0.5, 0.6) is 0 Å². The fourth-order valence-electron chi connectivity index (χ4n) is 3.15. The van der Waals surface area contributed by atoms with E-state index in [0.29, 0.717) is 11.3 Å². The Hall–Kier alpha value is -3.22. The van der Waals surface area contributed by atoms with Gasteiger partial charge in [-0.05, 0) is 38.1 Å². The van der Waals surface area contributed by atoms with Gasteiger partial charge in [0.1, 0.15) is 5.82 Å². The Morgan fingerprint density at radius 3 is 2.50 bits per heavy atom. The van der Waals surface area contributed by atoms with E-state index in [1.807, 2.05) is 13.8 Å². The van der Waals surface area contributed by atoms with Crippen LogP contribution in [0.2, 0.25) is 0 Å². The van der Waals surface area contributed by atoms with Crippen LogP contribution in [0, 0.1) is 11.7 Å². The minimum Gasteiger partial charge on any atom is -0.350 e. The molecule has 0 aromatic heterocycles. The number of nitrogens with zero attached hydrogens (tertiary/aromatic N) is 1. The molecule has 2 aromatic carbocycles. The zero-order valence-corrected chi connectivity index (χ0v) is 15.7. The van der Waals surface area contributed by atoms with Crippen molar-refractivity contribution < 1.29 is 18.8 Å². The van der Waals surface area contributed by atoms with Crippen molar-refractivity contribution in [2.24, 2.45) is 5.92 Å². The third kappa shape index (κ3) is 4.19. The third-order valence-corrected chi connectivity index (χ3v) is 4.49. The molecule has 28 heavy (non-hydrogen) atoms. The summed E-state index contributed by atoms with van der Waals surface area (Å²) in [4.78, 5) is 38.6. The number of amides is 3. The Morgan fingerprint density at radius 1 is 1.11 bits per heavy atom. The van der Waals surface area contributed by atoms with E-state index in [1.54, 1.807) is 36.4 Å². The van der Waals surface area contributed by atoms with Crippen LogP contribution >= 0.6 is 0 Å². The lowest BCUT2D eigenvalue weighted by Gasteiger charge is -2.18. The van der Waals surface area contributed by atoms with Gasteiger partial charge < -0.3 is 15.5 Å². The molecule has 146 valence electrons. The summed E-state index contributed by atoms with van der Waals surface area (Å²) in [5.74, 6) is -2.12. The van der Waals surface area contributed by atoms with E-state index < -0.39 is 11.7 Å². The maximum atomic E-state index is 14.0. The first-order valence-electron chi connectivity index (χ1n) is 9.12. The van der Waals surface area contributed by atoms with Gasteiger partial charge in [0.25, 0.3) is 5.91 Å². The van der Waals surface area contributed by atoms with Crippen molar-refractivity contribution in [2.75, 3.05) is 16.8 Å². The first-order valence-corrected chi connectivity index (χ1v) is 9.12. The summed E-state index contributed by atoms with van der Waals surface area (Å²) in [6, 6.07) is 12.6. The molecule has 1 heterocycles. The average molecular weight is 383 g/mol. The molecule has 0 radical (unpaired) electrons. The number of carbonyl (C=O) groups is 3.